The monoisotopic (exact) mass is 330 g/mol. The van der Waals surface area contributed by atoms with Crippen molar-refractivity contribution in [3.63, 3.8) is 0 Å². The van der Waals surface area contributed by atoms with E-state index in [-0.39, 0.29) is 5.75 Å². The van der Waals surface area contributed by atoms with Gasteiger partial charge in [-0.15, -0.1) is 18.3 Å². The van der Waals surface area contributed by atoms with Crippen LogP contribution < -0.4 is 10.2 Å². The quantitative estimate of drug-likeness (QED) is 0.690. The maximum absolute atomic E-state index is 12.0. The Kier molecular flexibility index (Phi) is 4.71. The number of ether oxygens (including phenoxy) is 1. The van der Waals surface area contributed by atoms with Gasteiger partial charge in [0.15, 0.2) is 0 Å². The zero-order valence-electron chi connectivity index (χ0n) is 11.1. The van der Waals surface area contributed by atoms with Crippen LogP contribution in [0.1, 0.15) is 20.9 Å². The van der Waals surface area contributed by atoms with Gasteiger partial charge < -0.3 is 4.74 Å². The number of nitrogens with zero attached hydrogens (tertiary/aromatic N) is 3. The molecule has 1 heterocycles. The summed E-state index contributed by atoms with van der Waals surface area (Å²) in [5, 5.41) is 7.40. The summed E-state index contributed by atoms with van der Waals surface area (Å²) in [7, 11) is 0. The molecule has 116 valence electrons. The Balaban J connectivity index is 1.93. The molecule has 0 fully saturated rings. The highest BCUT2D eigenvalue weighted by Gasteiger charge is 2.30. The summed E-state index contributed by atoms with van der Waals surface area (Å²) in [4.78, 5) is 12.0. The van der Waals surface area contributed by atoms with Crippen molar-refractivity contribution in [1.82, 2.24) is 15.0 Å². The number of aromatic nitrogens is 2. The van der Waals surface area contributed by atoms with E-state index in [1.807, 2.05) is 0 Å². The Bertz CT molecular complexity index is 682. The number of benzene rings is 1. The number of carbonyl (C=O) groups excluding carboxylic acids is 1. The van der Waals surface area contributed by atoms with Crippen molar-refractivity contribution in [3.8, 4) is 5.75 Å². The van der Waals surface area contributed by atoms with Crippen molar-refractivity contribution in [2.75, 3.05) is 0 Å². The summed E-state index contributed by atoms with van der Waals surface area (Å²) in [6.07, 6.45) is -3.44. The lowest BCUT2D eigenvalue weighted by atomic mass is 10.2. The SMILES string of the molecule is Cc1nnsc1C(=O)N/N=C\c1ccc(OC(F)(F)F)cc1. The number of hydrogen-bond acceptors (Lipinski definition) is 6. The average Bonchev–Trinajstić information content (AvgIpc) is 2.85. The van der Waals surface area contributed by atoms with Gasteiger partial charge in [-0.05, 0) is 48.3 Å². The molecule has 2 rings (SSSR count). The smallest absolute Gasteiger partial charge is 0.406 e. The fourth-order valence-corrected chi connectivity index (χ4v) is 1.96. The first-order chi connectivity index (χ1) is 10.3. The number of aryl methyl sites for hydroxylation is 1. The van der Waals surface area contributed by atoms with E-state index in [2.05, 4.69) is 24.9 Å². The highest BCUT2D eigenvalue weighted by molar-refractivity contribution is 7.07. The molecule has 0 atom stereocenters. The number of carbonyl (C=O) groups is 1. The fourth-order valence-electron chi connectivity index (χ4n) is 1.41. The lowest BCUT2D eigenvalue weighted by molar-refractivity contribution is -0.274. The van der Waals surface area contributed by atoms with Gasteiger partial charge in [-0.1, -0.05) is 4.49 Å². The summed E-state index contributed by atoms with van der Waals surface area (Å²) < 4.78 is 43.3. The first kappa shape index (κ1) is 15.9. The van der Waals surface area contributed by atoms with Crippen LogP contribution in [-0.4, -0.2) is 28.1 Å². The molecule has 0 unspecified atom stereocenters. The van der Waals surface area contributed by atoms with Crippen LogP contribution >= 0.6 is 11.5 Å². The largest absolute Gasteiger partial charge is 0.573 e. The fraction of sp³-hybridized carbons (Fsp3) is 0.167. The van der Waals surface area contributed by atoms with E-state index in [9.17, 15) is 18.0 Å². The van der Waals surface area contributed by atoms with Crippen molar-refractivity contribution < 1.29 is 22.7 Å². The van der Waals surface area contributed by atoms with E-state index in [0.717, 1.165) is 23.7 Å². The molecule has 1 aromatic carbocycles. The third kappa shape index (κ3) is 4.52. The second-order valence-electron chi connectivity index (χ2n) is 4.00. The number of nitrogens with one attached hydrogen (secondary N) is 1. The second-order valence-corrected chi connectivity index (χ2v) is 4.76. The van der Waals surface area contributed by atoms with Crippen LogP contribution in [0.3, 0.4) is 0 Å². The summed E-state index contributed by atoms with van der Waals surface area (Å²) in [6.45, 7) is 1.64. The third-order valence-corrected chi connectivity index (χ3v) is 3.18. The minimum atomic E-state index is -4.73. The topological polar surface area (TPSA) is 76.5 Å². The Hall–Kier alpha value is -2.49. The molecule has 0 bridgehead atoms. The Morgan fingerprint density at radius 3 is 2.59 bits per heavy atom. The predicted octanol–water partition coefficient (Wildman–Crippen LogP) is 2.51. The van der Waals surface area contributed by atoms with E-state index in [4.69, 9.17) is 0 Å². The van der Waals surface area contributed by atoms with Crippen LogP contribution in [0.4, 0.5) is 13.2 Å². The van der Waals surface area contributed by atoms with E-state index >= 15 is 0 Å². The van der Waals surface area contributed by atoms with Gasteiger partial charge >= 0.3 is 6.36 Å². The molecule has 0 aliphatic heterocycles. The zero-order valence-corrected chi connectivity index (χ0v) is 11.9. The van der Waals surface area contributed by atoms with Crippen LogP contribution in [0.2, 0.25) is 0 Å². The van der Waals surface area contributed by atoms with Gasteiger partial charge in [0.05, 0.1) is 11.9 Å². The van der Waals surface area contributed by atoms with Crippen LogP contribution in [-0.2, 0) is 0 Å². The van der Waals surface area contributed by atoms with Crippen molar-refractivity contribution in [2.45, 2.75) is 13.3 Å². The molecule has 1 N–H and O–H groups in total. The first-order valence-corrected chi connectivity index (χ1v) is 6.60. The minimum Gasteiger partial charge on any atom is -0.406 e. The molecule has 6 nitrogen and oxygen atoms in total. The molecule has 22 heavy (non-hydrogen) atoms. The van der Waals surface area contributed by atoms with Gasteiger partial charge in [0.25, 0.3) is 5.91 Å². The van der Waals surface area contributed by atoms with Crippen molar-refractivity contribution in [1.29, 1.82) is 0 Å². The molecule has 1 aromatic heterocycles. The van der Waals surface area contributed by atoms with E-state index < -0.39 is 12.3 Å². The highest BCUT2D eigenvalue weighted by Crippen LogP contribution is 2.22. The summed E-state index contributed by atoms with van der Waals surface area (Å²) in [5.74, 6) is -0.791. The second kappa shape index (κ2) is 6.52. The van der Waals surface area contributed by atoms with Gasteiger partial charge in [0.2, 0.25) is 0 Å². The summed E-state index contributed by atoms with van der Waals surface area (Å²) in [6, 6.07) is 5.04. The van der Waals surface area contributed by atoms with Gasteiger partial charge in [-0.3, -0.25) is 4.79 Å². The lowest BCUT2D eigenvalue weighted by Crippen LogP contribution is -2.17. The maximum atomic E-state index is 12.0. The molecular weight excluding hydrogens is 321 g/mol. The summed E-state index contributed by atoms with van der Waals surface area (Å²) >= 11 is 0.941. The Morgan fingerprint density at radius 2 is 2.05 bits per heavy atom. The number of rotatable bonds is 4. The molecule has 1 amide bonds. The molecule has 2 aromatic rings. The van der Waals surface area contributed by atoms with E-state index in [1.54, 1.807) is 6.92 Å². The van der Waals surface area contributed by atoms with Crippen LogP contribution in [0, 0.1) is 6.92 Å². The molecule has 10 heteroatoms. The molecule has 0 aliphatic carbocycles. The van der Waals surface area contributed by atoms with Crippen LogP contribution in [0.25, 0.3) is 0 Å². The van der Waals surface area contributed by atoms with E-state index in [1.165, 1.54) is 18.3 Å². The molecule has 0 radical (unpaired) electrons. The van der Waals surface area contributed by atoms with E-state index in [0.29, 0.717) is 16.1 Å². The zero-order chi connectivity index (χ0) is 16.2. The normalized spacial score (nSPS) is 11.6. The van der Waals surface area contributed by atoms with Crippen molar-refractivity contribution >= 4 is 23.7 Å². The van der Waals surface area contributed by atoms with Gasteiger partial charge in [0.1, 0.15) is 10.6 Å². The van der Waals surface area contributed by atoms with Gasteiger partial charge in [0, 0.05) is 0 Å². The first-order valence-electron chi connectivity index (χ1n) is 5.83. The lowest BCUT2D eigenvalue weighted by Gasteiger charge is -2.08. The van der Waals surface area contributed by atoms with Gasteiger partial charge in [-0.25, -0.2) is 5.43 Å². The number of alkyl halides is 3. The molecular formula is C12H9F3N4O2S. The minimum absolute atomic E-state index is 0.333. The Labute approximate surface area is 126 Å². The van der Waals surface area contributed by atoms with Crippen LogP contribution in [0.15, 0.2) is 29.4 Å². The Morgan fingerprint density at radius 1 is 1.36 bits per heavy atom. The standard InChI is InChI=1S/C12H9F3N4O2S/c1-7-10(22-19-17-7)11(20)18-16-6-8-2-4-9(5-3-8)21-12(13,14)15/h2-6H,1H3,(H,18,20)/b16-6-. The number of halogens is 3. The third-order valence-electron chi connectivity index (χ3n) is 2.35. The maximum Gasteiger partial charge on any atom is 0.573 e. The highest BCUT2D eigenvalue weighted by atomic mass is 32.1. The predicted molar refractivity (Wildman–Crippen MR) is 72.8 cm³/mol. The van der Waals surface area contributed by atoms with Crippen LogP contribution in [0.5, 0.6) is 5.75 Å². The van der Waals surface area contributed by atoms with Gasteiger partial charge in [-0.2, -0.15) is 5.10 Å². The molecule has 0 saturated heterocycles. The molecule has 0 aliphatic rings. The van der Waals surface area contributed by atoms with Crippen molar-refractivity contribution in [2.24, 2.45) is 5.10 Å². The van der Waals surface area contributed by atoms with Crippen molar-refractivity contribution in [3.05, 3.63) is 40.4 Å². The molecule has 0 saturated carbocycles. The number of hydrazone groups is 1. The number of amides is 1. The average molecular weight is 330 g/mol. The summed E-state index contributed by atoms with van der Waals surface area (Å²) in [5.41, 5.74) is 3.26. The number of hydrogen-bond donors (Lipinski definition) is 1. The molecule has 0 spiro atoms.